The van der Waals surface area contributed by atoms with Gasteiger partial charge < -0.3 is 15.5 Å². The number of rotatable bonds is 2. The molecule has 2 fully saturated rings. The van der Waals surface area contributed by atoms with E-state index in [-0.39, 0.29) is 23.8 Å². The van der Waals surface area contributed by atoms with Crippen LogP contribution in [0.2, 0.25) is 0 Å². The number of hydrogen-bond acceptors (Lipinski definition) is 3. The second-order valence-electron chi connectivity index (χ2n) is 5.75. The van der Waals surface area contributed by atoms with Crippen LogP contribution in [-0.4, -0.2) is 49.4 Å². The van der Waals surface area contributed by atoms with Crippen LogP contribution in [0.15, 0.2) is 12.2 Å². The summed E-state index contributed by atoms with van der Waals surface area (Å²) in [4.78, 5) is 26.4. The van der Waals surface area contributed by atoms with E-state index >= 15 is 0 Å². The standard InChI is InChI=1S/C14H21N3O2/c1-15-13(18)12-8-16-4-5-17(12)14(19)11-7-9-2-3-10(11)6-9/h2-3,9-12,16H,4-8H2,1H3,(H,15,18). The van der Waals surface area contributed by atoms with Crippen LogP contribution in [-0.2, 0) is 9.59 Å². The first-order valence-electron chi connectivity index (χ1n) is 7.12. The van der Waals surface area contributed by atoms with E-state index in [0.29, 0.717) is 24.9 Å². The minimum absolute atomic E-state index is 0.0701. The lowest BCUT2D eigenvalue weighted by Gasteiger charge is -2.37. The molecule has 0 spiro atoms. The Balaban J connectivity index is 1.73. The van der Waals surface area contributed by atoms with Crippen molar-refractivity contribution in [2.75, 3.05) is 26.7 Å². The molecule has 104 valence electrons. The third kappa shape index (κ3) is 2.16. The Morgan fingerprint density at radius 2 is 2.16 bits per heavy atom. The van der Waals surface area contributed by atoms with Crippen molar-refractivity contribution in [3.8, 4) is 0 Å². The number of allylic oxidation sites excluding steroid dienone is 2. The lowest BCUT2D eigenvalue weighted by Crippen LogP contribution is -2.60. The van der Waals surface area contributed by atoms with Crippen molar-refractivity contribution in [1.29, 1.82) is 0 Å². The minimum atomic E-state index is -0.352. The minimum Gasteiger partial charge on any atom is -0.357 e. The maximum atomic E-state index is 12.7. The van der Waals surface area contributed by atoms with Gasteiger partial charge in [0.15, 0.2) is 0 Å². The fourth-order valence-electron chi connectivity index (χ4n) is 3.65. The number of nitrogens with one attached hydrogen (secondary N) is 2. The normalized spacial score (nSPS) is 36.6. The quantitative estimate of drug-likeness (QED) is 0.675. The highest BCUT2D eigenvalue weighted by atomic mass is 16.2. The average molecular weight is 263 g/mol. The molecule has 5 heteroatoms. The molecule has 2 bridgehead atoms. The predicted octanol–water partition coefficient (Wildman–Crippen LogP) is -0.255. The van der Waals surface area contributed by atoms with Gasteiger partial charge in [-0.25, -0.2) is 0 Å². The monoisotopic (exact) mass is 263 g/mol. The Morgan fingerprint density at radius 3 is 2.79 bits per heavy atom. The van der Waals surface area contributed by atoms with E-state index in [1.165, 1.54) is 0 Å². The highest BCUT2D eigenvalue weighted by Gasteiger charge is 2.44. The van der Waals surface area contributed by atoms with Gasteiger partial charge in [-0.05, 0) is 24.7 Å². The van der Waals surface area contributed by atoms with Gasteiger partial charge in [-0.15, -0.1) is 0 Å². The molecular formula is C14H21N3O2. The van der Waals surface area contributed by atoms with Crippen molar-refractivity contribution in [1.82, 2.24) is 15.5 Å². The second kappa shape index (κ2) is 4.96. The van der Waals surface area contributed by atoms with Gasteiger partial charge in [0.05, 0.1) is 0 Å². The number of carbonyl (C=O) groups is 2. The first-order chi connectivity index (χ1) is 9.20. The van der Waals surface area contributed by atoms with E-state index in [9.17, 15) is 9.59 Å². The Kier molecular flexibility index (Phi) is 3.31. The Labute approximate surface area is 113 Å². The van der Waals surface area contributed by atoms with Crippen LogP contribution in [0.3, 0.4) is 0 Å². The summed E-state index contributed by atoms with van der Waals surface area (Å²) < 4.78 is 0. The fraction of sp³-hybridized carbons (Fsp3) is 0.714. The van der Waals surface area contributed by atoms with E-state index in [2.05, 4.69) is 22.8 Å². The number of amides is 2. The Morgan fingerprint density at radius 1 is 1.32 bits per heavy atom. The summed E-state index contributed by atoms with van der Waals surface area (Å²) in [7, 11) is 1.62. The molecule has 0 aromatic carbocycles. The van der Waals surface area contributed by atoms with Crippen molar-refractivity contribution in [2.24, 2.45) is 17.8 Å². The van der Waals surface area contributed by atoms with Gasteiger partial charge in [0.2, 0.25) is 11.8 Å². The molecule has 0 aromatic rings. The van der Waals surface area contributed by atoms with Crippen LogP contribution < -0.4 is 10.6 Å². The highest BCUT2D eigenvalue weighted by Crippen LogP contribution is 2.44. The summed E-state index contributed by atoms with van der Waals surface area (Å²) in [5.74, 6) is 1.18. The lowest BCUT2D eigenvalue weighted by atomic mass is 9.91. The van der Waals surface area contributed by atoms with Gasteiger partial charge in [-0.1, -0.05) is 12.2 Å². The van der Waals surface area contributed by atoms with Crippen molar-refractivity contribution in [2.45, 2.75) is 18.9 Å². The summed E-state index contributed by atoms with van der Waals surface area (Å²) in [5.41, 5.74) is 0. The van der Waals surface area contributed by atoms with E-state index in [1.54, 1.807) is 11.9 Å². The molecule has 1 saturated heterocycles. The van der Waals surface area contributed by atoms with Crippen LogP contribution >= 0.6 is 0 Å². The first kappa shape index (κ1) is 12.7. The lowest BCUT2D eigenvalue weighted by molar-refractivity contribution is -0.145. The van der Waals surface area contributed by atoms with Crippen LogP contribution in [0.4, 0.5) is 0 Å². The zero-order valence-electron chi connectivity index (χ0n) is 11.3. The summed E-state index contributed by atoms with van der Waals surface area (Å²) in [6.07, 6.45) is 6.51. The summed E-state index contributed by atoms with van der Waals surface area (Å²) in [6, 6.07) is -0.352. The molecule has 1 aliphatic heterocycles. The summed E-state index contributed by atoms with van der Waals surface area (Å²) in [5, 5.41) is 5.85. The molecule has 4 atom stereocenters. The first-order valence-corrected chi connectivity index (χ1v) is 7.12. The van der Waals surface area contributed by atoms with Gasteiger partial charge in [0.25, 0.3) is 0 Å². The third-order valence-electron chi connectivity index (χ3n) is 4.67. The largest absolute Gasteiger partial charge is 0.357 e. The van der Waals surface area contributed by atoms with E-state index in [1.807, 2.05) is 0 Å². The number of nitrogens with zero attached hydrogens (tertiary/aromatic N) is 1. The maximum absolute atomic E-state index is 12.7. The van der Waals surface area contributed by atoms with Crippen molar-refractivity contribution in [3.05, 3.63) is 12.2 Å². The summed E-state index contributed by atoms with van der Waals surface area (Å²) in [6.45, 7) is 1.96. The van der Waals surface area contributed by atoms with Crippen LogP contribution in [0.25, 0.3) is 0 Å². The number of carbonyl (C=O) groups excluding carboxylic acids is 2. The van der Waals surface area contributed by atoms with Gasteiger partial charge in [0, 0.05) is 32.6 Å². The third-order valence-corrected chi connectivity index (χ3v) is 4.67. The molecule has 4 unspecified atom stereocenters. The number of hydrogen-bond donors (Lipinski definition) is 2. The van der Waals surface area contributed by atoms with E-state index in [0.717, 1.165) is 19.4 Å². The highest BCUT2D eigenvalue weighted by molar-refractivity contribution is 5.89. The number of fused-ring (bicyclic) bond motifs is 2. The second-order valence-corrected chi connectivity index (χ2v) is 5.75. The molecule has 19 heavy (non-hydrogen) atoms. The maximum Gasteiger partial charge on any atom is 0.243 e. The molecule has 5 nitrogen and oxygen atoms in total. The van der Waals surface area contributed by atoms with Crippen molar-refractivity contribution in [3.63, 3.8) is 0 Å². The number of piperazine rings is 1. The number of likely N-dealkylation sites (N-methyl/N-ethyl adjacent to an activating group) is 1. The van der Waals surface area contributed by atoms with Crippen molar-refractivity contribution < 1.29 is 9.59 Å². The average Bonchev–Trinajstić information content (AvgIpc) is 3.08. The zero-order chi connectivity index (χ0) is 13.4. The molecule has 1 saturated carbocycles. The molecule has 0 aromatic heterocycles. The fourth-order valence-corrected chi connectivity index (χ4v) is 3.65. The summed E-state index contributed by atoms with van der Waals surface area (Å²) >= 11 is 0. The van der Waals surface area contributed by atoms with Crippen LogP contribution in [0.1, 0.15) is 12.8 Å². The smallest absolute Gasteiger partial charge is 0.243 e. The van der Waals surface area contributed by atoms with Crippen molar-refractivity contribution >= 4 is 11.8 Å². The molecule has 2 N–H and O–H groups in total. The molecule has 2 amide bonds. The van der Waals surface area contributed by atoms with E-state index in [4.69, 9.17) is 0 Å². The van der Waals surface area contributed by atoms with Gasteiger partial charge in [-0.2, -0.15) is 0 Å². The molecule has 3 rings (SSSR count). The molecule has 0 radical (unpaired) electrons. The Bertz CT molecular complexity index is 421. The Hall–Kier alpha value is -1.36. The van der Waals surface area contributed by atoms with Gasteiger partial charge in [0.1, 0.15) is 6.04 Å². The molecule has 2 aliphatic carbocycles. The topological polar surface area (TPSA) is 61.4 Å². The molecule has 1 heterocycles. The van der Waals surface area contributed by atoms with Gasteiger partial charge in [-0.3, -0.25) is 9.59 Å². The zero-order valence-corrected chi connectivity index (χ0v) is 11.3. The molecular weight excluding hydrogens is 242 g/mol. The molecule has 3 aliphatic rings. The predicted molar refractivity (Wildman–Crippen MR) is 71.3 cm³/mol. The van der Waals surface area contributed by atoms with Crippen LogP contribution in [0.5, 0.6) is 0 Å². The van der Waals surface area contributed by atoms with Crippen LogP contribution in [0, 0.1) is 17.8 Å². The van der Waals surface area contributed by atoms with E-state index < -0.39 is 0 Å². The SMILES string of the molecule is CNC(=O)C1CNCCN1C(=O)C1CC2C=CC1C2. The van der Waals surface area contributed by atoms with Gasteiger partial charge >= 0.3 is 0 Å².